The number of carbonyl (C=O) groups excluding carboxylic acids is 1. The molecule has 0 aliphatic rings. The molecule has 3 rings (SSSR count). The highest BCUT2D eigenvalue weighted by Gasteiger charge is 2.14. The van der Waals surface area contributed by atoms with Crippen LogP contribution in [0.3, 0.4) is 0 Å². The van der Waals surface area contributed by atoms with Crippen LogP contribution in [0.25, 0.3) is 0 Å². The van der Waals surface area contributed by atoms with Gasteiger partial charge in [-0.2, -0.15) is 4.57 Å². The Bertz CT molecular complexity index is 1090. The molecule has 0 unspecified atom stereocenters. The number of carbonyl (C=O) groups is 1. The van der Waals surface area contributed by atoms with Crippen molar-refractivity contribution >= 4 is 34.5 Å². The lowest BCUT2D eigenvalue weighted by Crippen LogP contribution is -3.00. The van der Waals surface area contributed by atoms with Gasteiger partial charge in [-0.15, -0.1) is 0 Å². The molecule has 0 aliphatic heterocycles. The highest BCUT2D eigenvalue weighted by atomic mass is 79.9. The summed E-state index contributed by atoms with van der Waals surface area (Å²) in [5.41, 5.74) is 5.17. The molecule has 0 radical (unpaired) electrons. The SMILES string of the molecule is CCCCCCCCCCCCCCOc1cc(CN(C(C)=O)c2ccc(C[n+]3ccsc3)cc2)ccc1Cl.[Br-]. The molecule has 0 saturated carbocycles. The van der Waals surface area contributed by atoms with E-state index in [1.807, 2.05) is 30.3 Å². The summed E-state index contributed by atoms with van der Waals surface area (Å²) in [5, 5.41) is 2.68. The summed E-state index contributed by atoms with van der Waals surface area (Å²) >= 11 is 8.11. The zero-order chi connectivity index (χ0) is 27.7. The van der Waals surface area contributed by atoms with Crippen LogP contribution in [0.1, 0.15) is 102 Å². The molecule has 1 amide bonds. The van der Waals surface area contributed by atoms with Crippen LogP contribution < -0.4 is 31.2 Å². The number of aromatic nitrogens is 1. The lowest BCUT2D eigenvalue weighted by atomic mass is 10.1. The number of ether oxygens (including phenoxy) is 1. The van der Waals surface area contributed by atoms with Gasteiger partial charge in [-0.1, -0.05) is 119 Å². The minimum absolute atomic E-state index is 0. The number of anilines is 1. The van der Waals surface area contributed by atoms with E-state index >= 15 is 0 Å². The molecule has 1 aromatic heterocycles. The van der Waals surface area contributed by atoms with E-state index in [9.17, 15) is 4.79 Å². The molecule has 0 atom stereocenters. The van der Waals surface area contributed by atoms with Crippen molar-refractivity contribution in [3.05, 3.63) is 75.7 Å². The second kappa shape index (κ2) is 20.1. The number of hydrogen-bond donors (Lipinski definition) is 0. The van der Waals surface area contributed by atoms with Gasteiger partial charge >= 0.3 is 0 Å². The van der Waals surface area contributed by atoms with E-state index in [2.05, 4.69) is 40.7 Å². The Morgan fingerprint density at radius 2 is 1.48 bits per heavy atom. The van der Waals surface area contributed by atoms with Crippen LogP contribution in [0, 0.1) is 0 Å². The molecule has 220 valence electrons. The third kappa shape index (κ3) is 12.7. The molecule has 7 heteroatoms. The lowest BCUT2D eigenvalue weighted by molar-refractivity contribution is -0.683. The van der Waals surface area contributed by atoms with Gasteiger partial charge in [0.2, 0.25) is 11.4 Å². The van der Waals surface area contributed by atoms with Crippen LogP contribution in [-0.4, -0.2) is 12.5 Å². The smallest absolute Gasteiger partial charge is 0.224 e. The molecule has 0 bridgehead atoms. The third-order valence-electron chi connectivity index (χ3n) is 7.11. The Hall–Kier alpha value is -1.89. The van der Waals surface area contributed by atoms with Crippen LogP contribution in [0.15, 0.2) is 59.6 Å². The van der Waals surface area contributed by atoms with E-state index in [0.29, 0.717) is 23.9 Å². The van der Waals surface area contributed by atoms with Crippen molar-refractivity contribution in [2.45, 2.75) is 104 Å². The molecule has 0 saturated heterocycles. The van der Waals surface area contributed by atoms with Crippen LogP contribution in [0.5, 0.6) is 5.75 Å². The van der Waals surface area contributed by atoms with Crippen LogP contribution in [0.4, 0.5) is 5.69 Å². The van der Waals surface area contributed by atoms with E-state index < -0.39 is 0 Å². The Labute approximate surface area is 261 Å². The number of amides is 1. The molecule has 0 fully saturated rings. The minimum atomic E-state index is 0. The first kappa shape index (κ1) is 34.3. The first-order valence-electron chi connectivity index (χ1n) is 14.8. The largest absolute Gasteiger partial charge is 1.00 e. The quantitative estimate of drug-likeness (QED) is 0.112. The topological polar surface area (TPSA) is 33.4 Å². The monoisotopic (exact) mass is 648 g/mol. The summed E-state index contributed by atoms with van der Waals surface area (Å²) < 4.78 is 8.19. The summed E-state index contributed by atoms with van der Waals surface area (Å²) in [6.45, 7) is 5.84. The Morgan fingerprint density at radius 1 is 0.875 bits per heavy atom. The van der Waals surface area contributed by atoms with Gasteiger partial charge in [0.05, 0.1) is 23.6 Å². The minimum Gasteiger partial charge on any atom is -1.00 e. The molecule has 3 aromatic rings. The van der Waals surface area contributed by atoms with Crippen molar-refractivity contribution in [1.82, 2.24) is 0 Å². The average molecular weight is 650 g/mol. The molecule has 0 spiro atoms. The predicted molar refractivity (Wildman–Crippen MR) is 165 cm³/mol. The van der Waals surface area contributed by atoms with E-state index in [1.54, 1.807) is 23.2 Å². The van der Waals surface area contributed by atoms with Gasteiger partial charge in [0.15, 0.2) is 12.7 Å². The van der Waals surface area contributed by atoms with E-state index in [-0.39, 0.29) is 22.9 Å². The number of unbranched alkanes of at least 4 members (excludes halogenated alkanes) is 11. The van der Waals surface area contributed by atoms with Gasteiger partial charge in [-0.05, 0) is 36.2 Å². The molecule has 1 heterocycles. The molecular formula is C33H46BrClN2O2S. The normalized spacial score (nSPS) is 10.8. The van der Waals surface area contributed by atoms with E-state index in [0.717, 1.165) is 24.2 Å². The van der Waals surface area contributed by atoms with Gasteiger partial charge in [-0.25, -0.2) is 0 Å². The summed E-state index contributed by atoms with van der Waals surface area (Å²) in [6, 6.07) is 14.0. The van der Waals surface area contributed by atoms with Crippen molar-refractivity contribution in [3.8, 4) is 5.75 Å². The maximum atomic E-state index is 12.5. The van der Waals surface area contributed by atoms with Gasteiger partial charge < -0.3 is 26.6 Å². The molecule has 2 aromatic carbocycles. The van der Waals surface area contributed by atoms with Crippen molar-refractivity contribution in [2.24, 2.45) is 0 Å². The number of hydrogen-bond acceptors (Lipinski definition) is 3. The fourth-order valence-corrected chi connectivity index (χ4v) is 5.56. The highest BCUT2D eigenvalue weighted by molar-refractivity contribution is 7.07. The first-order chi connectivity index (χ1) is 19.1. The van der Waals surface area contributed by atoms with Crippen LogP contribution in [-0.2, 0) is 17.9 Å². The molecular weight excluding hydrogens is 604 g/mol. The van der Waals surface area contributed by atoms with Gasteiger partial charge in [0, 0.05) is 18.2 Å². The fraction of sp³-hybridized carbons (Fsp3) is 0.515. The van der Waals surface area contributed by atoms with Crippen molar-refractivity contribution < 1.29 is 31.1 Å². The van der Waals surface area contributed by atoms with Crippen LogP contribution >= 0.6 is 22.9 Å². The summed E-state index contributed by atoms with van der Waals surface area (Å²) in [5.74, 6) is 0.702. The van der Waals surface area contributed by atoms with Gasteiger partial charge in [0.25, 0.3) is 0 Å². The molecule has 0 N–H and O–H groups in total. The van der Waals surface area contributed by atoms with Crippen LogP contribution in [0.2, 0.25) is 5.02 Å². The van der Waals surface area contributed by atoms with Gasteiger partial charge in [0.1, 0.15) is 5.75 Å². The summed E-state index contributed by atoms with van der Waals surface area (Å²) in [4.78, 5) is 14.3. The summed E-state index contributed by atoms with van der Waals surface area (Å²) in [7, 11) is 0. The fourth-order valence-electron chi connectivity index (χ4n) is 4.79. The van der Waals surface area contributed by atoms with E-state index in [4.69, 9.17) is 16.3 Å². The number of thiazole rings is 1. The number of nitrogens with zero attached hydrogens (tertiary/aromatic N) is 2. The number of rotatable bonds is 19. The third-order valence-corrected chi connectivity index (χ3v) is 8.10. The Morgan fingerprint density at radius 3 is 2.05 bits per heavy atom. The lowest BCUT2D eigenvalue weighted by Gasteiger charge is -2.22. The average Bonchev–Trinajstić information content (AvgIpc) is 3.45. The van der Waals surface area contributed by atoms with Crippen molar-refractivity contribution in [2.75, 3.05) is 11.5 Å². The Kier molecular flexibility index (Phi) is 17.2. The molecule has 4 nitrogen and oxygen atoms in total. The summed E-state index contributed by atoms with van der Waals surface area (Å²) in [6.07, 6.45) is 17.9. The van der Waals surface area contributed by atoms with Crippen molar-refractivity contribution in [1.29, 1.82) is 0 Å². The second-order valence-corrected chi connectivity index (χ2v) is 11.6. The molecule has 0 aliphatic carbocycles. The number of benzene rings is 2. The Balaban J connectivity index is 0.00000560. The van der Waals surface area contributed by atoms with Crippen molar-refractivity contribution in [3.63, 3.8) is 0 Å². The maximum Gasteiger partial charge on any atom is 0.224 e. The van der Waals surface area contributed by atoms with E-state index in [1.165, 1.54) is 76.2 Å². The number of halogens is 2. The standard InChI is InChI=1S/C33H46ClN2O2S.BrH/c1-3-4-5-6-7-8-9-10-11-12-13-14-22-38-33-24-30(17-20-32(33)34)26-36(28(2)37)31-18-15-29(16-19-31)25-35-21-23-39-27-35;/h15-21,23-24,27H,3-14,22,25-26H2,1-2H3;1H/q+1;/p-1. The van der Waals surface area contributed by atoms with Gasteiger partial charge in [-0.3, -0.25) is 4.79 Å². The molecule has 40 heavy (non-hydrogen) atoms. The highest BCUT2D eigenvalue weighted by Crippen LogP contribution is 2.28. The first-order valence-corrected chi connectivity index (χ1v) is 16.1. The zero-order valence-corrected chi connectivity index (χ0v) is 27.4. The second-order valence-electron chi connectivity index (χ2n) is 10.5. The zero-order valence-electron chi connectivity index (χ0n) is 24.3. The maximum absolute atomic E-state index is 12.5. The predicted octanol–water partition coefficient (Wildman–Crippen LogP) is 6.37.